The van der Waals surface area contributed by atoms with Crippen molar-refractivity contribution in [2.75, 3.05) is 11.6 Å². The van der Waals surface area contributed by atoms with E-state index in [-0.39, 0.29) is 0 Å². The van der Waals surface area contributed by atoms with Gasteiger partial charge in [0, 0.05) is 21.8 Å². The first-order chi connectivity index (χ1) is 9.52. The van der Waals surface area contributed by atoms with Crippen molar-refractivity contribution in [2.45, 2.75) is 18.7 Å². The van der Waals surface area contributed by atoms with Crippen LogP contribution in [-0.4, -0.2) is 11.2 Å². The summed E-state index contributed by atoms with van der Waals surface area (Å²) in [5, 5.41) is 3.44. The van der Waals surface area contributed by atoms with Crippen molar-refractivity contribution < 1.29 is 0 Å². The number of benzene rings is 2. The van der Waals surface area contributed by atoms with E-state index in [9.17, 15) is 0 Å². The second kappa shape index (κ2) is 6.29. The van der Waals surface area contributed by atoms with Gasteiger partial charge in [-0.05, 0) is 43.9 Å². The molecule has 0 aromatic heterocycles. The first-order valence-corrected chi connectivity index (χ1v) is 7.97. The fourth-order valence-corrected chi connectivity index (χ4v) is 3.08. The van der Waals surface area contributed by atoms with Gasteiger partial charge >= 0.3 is 0 Å². The molecule has 0 bridgehead atoms. The van der Waals surface area contributed by atoms with Crippen LogP contribution in [0.3, 0.4) is 0 Å². The molecule has 0 spiro atoms. The minimum atomic E-state index is 0.419. The first-order valence-electron chi connectivity index (χ1n) is 6.34. The second-order valence-electron chi connectivity index (χ2n) is 4.69. The summed E-state index contributed by atoms with van der Waals surface area (Å²) in [5.41, 5.74) is 11.3. The molecule has 2 aromatic carbocycles. The Morgan fingerprint density at radius 1 is 1.15 bits per heavy atom. The van der Waals surface area contributed by atoms with Crippen molar-refractivity contribution in [2.24, 2.45) is 5.73 Å². The van der Waals surface area contributed by atoms with E-state index in [1.807, 2.05) is 24.5 Å². The lowest BCUT2D eigenvalue weighted by atomic mass is 10.1. The molecule has 0 aliphatic heterocycles. The maximum absolute atomic E-state index is 5.88. The molecule has 0 heterocycles. The van der Waals surface area contributed by atoms with Crippen LogP contribution in [0.2, 0.25) is 0 Å². The molecule has 2 nitrogen and oxygen atoms in total. The highest BCUT2D eigenvalue weighted by atomic mass is 32.2. The molecule has 0 aliphatic carbocycles. The number of aryl methyl sites for hydroxylation is 2. The SMILES string of the molecule is CSc1cccc(Nc2ccc(C)cc2C)c1C(N)=S. The summed E-state index contributed by atoms with van der Waals surface area (Å²) in [6, 6.07) is 12.4. The largest absolute Gasteiger partial charge is 0.389 e. The van der Waals surface area contributed by atoms with E-state index in [1.165, 1.54) is 11.1 Å². The van der Waals surface area contributed by atoms with Crippen LogP contribution >= 0.6 is 24.0 Å². The van der Waals surface area contributed by atoms with Gasteiger partial charge in [0.1, 0.15) is 4.99 Å². The molecule has 20 heavy (non-hydrogen) atoms. The Kier molecular flexibility index (Phi) is 4.68. The molecule has 0 unspecified atom stereocenters. The van der Waals surface area contributed by atoms with E-state index in [1.54, 1.807) is 11.8 Å². The van der Waals surface area contributed by atoms with E-state index in [4.69, 9.17) is 18.0 Å². The molecule has 2 aromatic rings. The van der Waals surface area contributed by atoms with Crippen LogP contribution in [0.25, 0.3) is 0 Å². The molecule has 4 heteroatoms. The summed E-state index contributed by atoms with van der Waals surface area (Å²) in [6.45, 7) is 4.18. The normalized spacial score (nSPS) is 10.3. The maximum Gasteiger partial charge on any atom is 0.107 e. The minimum Gasteiger partial charge on any atom is -0.389 e. The number of nitrogens with two attached hydrogens (primary N) is 1. The molecule has 0 atom stereocenters. The Morgan fingerprint density at radius 2 is 1.90 bits per heavy atom. The quantitative estimate of drug-likeness (QED) is 0.648. The van der Waals surface area contributed by atoms with Gasteiger partial charge < -0.3 is 11.1 Å². The van der Waals surface area contributed by atoms with Gasteiger partial charge in [-0.3, -0.25) is 0 Å². The number of hydrogen-bond acceptors (Lipinski definition) is 3. The van der Waals surface area contributed by atoms with E-state index in [0.717, 1.165) is 21.8 Å². The summed E-state index contributed by atoms with van der Waals surface area (Å²) in [7, 11) is 0. The van der Waals surface area contributed by atoms with Gasteiger partial charge in [-0.15, -0.1) is 11.8 Å². The smallest absolute Gasteiger partial charge is 0.107 e. The zero-order valence-corrected chi connectivity index (χ0v) is 13.5. The fourth-order valence-electron chi connectivity index (χ4n) is 2.16. The Hall–Kier alpha value is -1.52. The Morgan fingerprint density at radius 3 is 2.50 bits per heavy atom. The summed E-state index contributed by atoms with van der Waals surface area (Å²) in [5.74, 6) is 0. The van der Waals surface area contributed by atoms with Crippen LogP contribution < -0.4 is 11.1 Å². The van der Waals surface area contributed by atoms with Gasteiger partial charge in [0.05, 0.1) is 0 Å². The zero-order valence-electron chi connectivity index (χ0n) is 11.9. The second-order valence-corrected chi connectivity index (χ2v) is 5.98. The lowest BCUT2D eigenvalue weighted by Gasteiger charge is -2.16. The molecule has 0 aliphatic rings. The predicted octanol–water partition coefficient (Wildman–Crippen LogP) is 4.40. The first kappa shape index (κ1) is 14.9. The average molecular weight is 302 g/mol. The zero-order chi connectivity index (χ0) is 14.7. The Balaban J connectivity index is 2.45. The van der Waals surface area contributed by atoms with E-state index >= 15 is 0 Å². The number of nitrogens with one attached hydrogen (secondary N) is 1. The van der Waals surface area contributed by atoms with Crippen LogP contribution in [-0.2, 0) is 0 Å². The highest BCUT2D eigenvalue weighted by molar-refractivity contribution is 7.98. The average Bonchev–Trinajstić information content (AvgIpc) is 2.41. The maximum atomic E-state index is 5.88. The van der Waals surface area contributed by atoms with Crippen molar-refractivity contribution in [3.63, 3.8) is 0 Å². The molecule has 0 saturated heterocycles. The molecular weight excluding hydrogens is 284 g/mol. The summed E-state index contributed by atoms with van der Waals surface area (Å²) in [4.78, 5) is 1.51. The summed E-state index contributed by atoms with van der Waals surface area (Å²) < 4.78 is 0. The summed E-state index contributed by atoms with van der Waals surface area (Å²) in [6.07, 6.45) is 2.03. The van der Waals surface area contributed by atoms with Gasteiger partial charge in [-0.25, -0.2) is 0 Å². The Bertz CT molecular complexity index is 651. The summed E-state index contributed by atoms with van der Waals surface area (Å²) >= 11 is 6.85. The van der Waals surface area contributed by atoms with Gasteiger partial charge in [0.25, 0.3) is 0 Å². The van der Waals surface area contributed by atoms with Gasteiger partial charge in [0.15, 0.2) is 0 Å². The van der Waals surface area contributed by atoms with Crippen molar-refractivity contribution in [1.82, 2.24) is 0 Å². The highest BCUT2D eigenvalue weighted by Crippen LogP contribution is 2.30. The molecular formula is C16H18N2S2. The molecule has 0 amide bonds. The molecule has 0 saturated carbocycles. The third-order valence-corrected chi connectivity index (χ3v) is 4.13. The van der Waals surface area contributed by atoms with Crippen LogP contribution in [0.4, 0.5) is 11.4 Å². The predicted molar refractivity (Wildman–Crippen MR) is 93.3 cm³/mol. The third kappa shape index (κ3) is 3.14. The molecule has 2 rings (SSSR count). The van der Waals surface area contributed by atoms with Gasteiger partial charge in [0.2, 0.25) is 0 Å². The van der Waals surface area contributed by atoms with Gasteiger partial charge in [-0.1, -0.05) is 36.0 Å². The Labute approximate surface area is 129 Å². The monoisotopic (exact) mass is 302 g/mol. The van der Waals surface area contributed by atoms with Crippen LogP contribution in [0.1, 0.15) is 16.7 Å². The van der Waals surface area contributed by atoms with Crippen molar-refractivity contribution in [3.8, 4) is 0 Å². The van der Waals surface area contributed by atoms with Crippen LogP contribution in [0.5, 0.6) is 0 Å². The fraction of sp³-hybridized carbons (Fsp3) is 0.188. The number of thiocarbonyl (C=S) groups is 1. The van der Waals surface area contributed by atoms with E-state index < -0.39 is 0 Å². The molecule has 0 radical (unpaired) electrons. The van der Waals surface area contributed by atoms with Crippen molar-refractivity contribution in [1.29, 1.82) is 0 Å². The van der Waals surface area contributed by atoms with E-state index in [2.05, 4.69) is 37.4 Å². The minimum absolute atomic E-state index is 0.419. The third-order valence-electron chi connectivity index (χ3n) is 3.14. The number of rotatable bonds is 4. The van der Waals surface area contributed by atoms with Crippen molar-refractivity contribution in [3.05, 3.63) is 53.1 Å². The lowest BCUT2D eigenvalue weighted by molar-refractivity contribution is 1.35. The van der Waals surface area contributed by atoms with Crippen LogP contribution in [0.15, 0.2) is 41.3 Å². The lowest BCUT2D eigenvalue weighted by Crippen LogP contribution is -2.13. The van der Waals surface area contributed by atoms with Gasteiger partial charge in [-0.2, -0.15) is 0 Å². The molecule has 3 N–H and O–H groups in total. The highest BCUT2D eigenvalue weighted by Gasteiger charge is 2.11. The topological polar surface area (TPSA) is 38.0 Å². The van der Waals surface area contributed by atoms with Crippen LogP contribution in [0, 0.1) is 13.8 Å². The molecule has 0 fully saturated rings. The number of thioether (sulfide) groups is 1. The van der Waals surface area contributed by atoms with Crippen molar-refractivity contribution >= 4 is 40.3 Å². The van der Waals surface area contributed by atoms with E-state index in [0.29, 0.717) is 4.99 Å². The molecule has 104 valence electrons. The number of hydrogen-bond donors (Lipinski definition) is 2. The number of anilines is 2. The standard InChI is InChI=1S/C16H18N2S2/c1-10-7-8-12(11(2)9-10)18-13-5-4-6-14(20-3)15(13)16(17)19/h4-9,18H,1-3H3,(H2,17,19).